The van der Waals surface area contributed by atoms with Crippen LogP contribution in [0.2, 0.25) is 0 Å². The minimum Gasteiger partial charge on any atom is -0.444 e. The highest BCUT2D eigenvalue weighted by Crippen LogP contribution is 2.31. The molecule has 3 amide bonds. The number of benzene rings is 2. The Hall–Kier alpha value is -3.35. The van der Waals surface area contributed by atoms with Gasteiger partial charge >= 0.3 is 6.09 Å². The van der Waals surface area contributed by atoms with Gasteiger partial charge in [-0.1, -0.05) is 63.2 Å². The minimum absolute atomic E-state index is 0.235. The number of para-hydroxylation sites is 1. The van der Waals surface area contributed by atoms with E-state index in [9.17, 15) is 14.4 Å². The Morgan fingerprint density at radius 1 is 0.895 bits per heavy atom. The summed E-state index contributed by atoms with van der Waals surface area (Å²) in [6, 6.07) is 11.4. The minimum atomic E-state index is -0.903. The zero-order valence-electron chi connectivity index (χ0n) is 24.6. The van der Waals surface area contributed by atoms with Crippen LogP contribution in [0.15, 0.2) is 42.5 Å². The molecule has 208 valence electrons. The maximum atomic E-state index is 14.3. The van der Waals surface area contributed by atoms with Crippen molar-refractivity contribution < 1.29 is 19.1 Å². The Labute approximate surface area is 228 Å². The van der Waals surface area contributed by atoms with Gasteiger partial charge in [-0.2, -0.15) is 0 Å². The second-order valence-corrected chi connectivity index (χ2v) is 11.4. The average Bonchev–Trinajstić information content (AvgIpc) is 2.81. The van der Waals surface area contributed by atoms with Crippen molar-refractivity contribution in [2.75, 3.05) is 5.32 Å². The number of carbonyl (C=O) groups excluding carboxylic acids is 3. The van der Waals surface area contributed by atoms with Crippen LogP contribution >= 0.6 is 0 Å². The summed E-state index contributed by atoms with van der Waals surface area (Å²) in [5, 5.41) is 5.89. The number of anilines is 1. The molecule has 38 heavy (non-hydrogen) atoms. The van der Waals surface area contributed by atoms with Gasteiger partial charge in [-0.25, -0.2) is 4.79 Å². The third-order valence-electron chi connectivity index (χ3n) is 6.66. The van der Waals surface area contributed by atoms with E-state index in [0.29, 0.717) is 6.42 Å². The normalized spacial score (nSPS) is 13.9. The van der Waals surface area contributed by atoms with Crippen LogP contribution in [0.1, 0.15) is 83.2 Å². The second kappa shape index (κ2) is 12.9. The van der Waals surface area contributed by atoms with E-state index in [-0.39, 0.29) is 23.8 Å². The fourth-order valence-electron chi connectivity index (χ4n) is 4.42. The van der Waals surface area contributed by atoms with Crippen molar-refractivity contribution in [2.45, 2.75) is 99.4 Å². The van der Waals surface area contributed by atoms with Gasteiger partial charge in [-0.05, 0) is 83.1 Å². The van der Waals surface area contributed by atoms with Gasteiger partial charge < -0.3 is 20.3 Å². The van der Waals surface area contributed by atoms with Crippen LogP contribution in [0.3, 0.4) is 0 Å². The largest absolute Gasteiger partial charge is 0.444 e. The van der Waals surface area contributed by atoms with Crippen molar-refractivity contribution in [1.29, 1.82) is 0 Å². The lowest BCUT2D eigenvalue weighted by Crippen LogP contribution is -2.56. The average molecular weight is 524 g/mol. The molecule has 3 unspecified atom stereocenters. The fraction of sp³-hybridized carbons (Fsp3) is 0.516. The molecule has 7 heteroatoms. The smallest absolute Gasteiger partial charge is 0.408 e. The molecule has 0 aliphatic heterocycles. The van der Waals surface area contributed by atoms with E-state index in [1.807, 2.05) is 90.9 Å². The van der Waals surface area contributed by atoms with E-state index in [1.165, 1.54) is 0 Å². The fourth-order valence-corrected chi connectivity index (χ4v) is 4.42. The lowest BCUT2D eigenvalue weighted by atomic mass is 9.94. The summed E-state index contributed by atoms with van der Waals surface area (Å²) in [7, 11) is 0. The predicted molar refractivity (Wildman–Crippen MR) is 153 cm³/mol. The number of ether oxygens (including phenoxy) is 1. The van der Waals surface area contributed by atoms with Gasteiger partial charge in [0, 0.05) is 11.7 Å². The zero-order valence-corrected chi connectivity index (χ0v) is 24.6. The van der Waals surface area contributed by atoms with Gasteiger partial charge in [-0.3, -0.25) is 9.59 Å². The van der Waals surface area contributed by atoms with Crippen molar-refractivity contribution in [3.63, 3.8) is 0 Å². The molecular formula is C31H45N3O4. The molecular weight excluding hydrogens is 478 g/mol. The van der Waals surface area contributed by atoms with Crippen molar-refractivity contribution in [3.05, 3.63) is 64.7 Å². The van der Waals surface area contributed by atoms with E-state index in [1.54, 1.807) is 25.7 Å². The molecule has 2 aromatic rings. The summed E-state index contributed by atoms with van der Waals surface area (Å²) >= 11 is 0. The quantitative estimate of drug-likeness (QED) is 0.394. The highest BCUT2D eigenvalue weighted by atomic mass is 16.6. The molecule has 2 aromatic carbocycles. The van der Waals surface area contributed by atoms with Gasteiger partial charge in [0.25, 0.3) is 5.91 Å². The molecule has 7 nitrogen and oxygen atoms in total. The van der Waals surface area contributed by atoms with Gasteiger partial charge in [0.1, 0.15) is 17.7 Å². The van der Waals surface area contributed by atoms with E-state index < -0.39 is 23.8 Å². The molecule has 3 atom stereocenters. The molecule has 0 saturated carbocycles. The molecule has 0 heterocycles. The maximum absolute atomic E-state index is 14.3. The van der Waals surface area contributed by atoms with Crippen LogP contribution in [0.25, 0.3) is 0 Å². The van der Waals surface area contributed by atoms with Gasteiger partial charge in [0.05, 0.1) is 0 Å². The molecule has 0 saturated heterocycles. The summed E-state index contributed by atoms with van der Waals surface area (Å²) in [4.78, 5) is 42.7. The van der Waals surface area contributed by atoms with Gasteiger partial charge in [0.15, 0.2) is 0 Å². The first-order valence-corrected chi connectivity index (χ1v) is 13.4. The third kappa shape index (κ3) is 7.83. The lowest BCUT2D eigenvalue weighted by Gasteiger charge is -2.39. The summed E-state index contributed by atoms with van der Waals surface area (Å²) in [6.07, 6.45) is -0.0386. The van der Waals surface area contributed by atoms with Crippen LogP contribution in [0.5, 0.6) is 0 Å². The van der Waals surface area contributed by atoms with Crippen LogP contribution in [0, 0.1) is 26.7 Å². The van der Waals surface area contributed by atoms with E-state index in [0.717, 1.165) is 27.9 Å². The Bertz CT molecular complexity index is 1120. The molecule has 0 spiro atoms. The number of aryl methyl sites for hydroxylation is 3. The van der Waals surface area contributed by atoms with E-state index in [2.05, 4.69) is 10.6 Å². The Kier molecular flexibility index (Phi) is 10.5. The molecule has 0 aliphatic rings. The van der Waals surface area contributed by atoms with Crippen molar-refractivity contribution in [3.8, 4) is 0 Å². The number of rotatable bonds is 9. The predicted octanol–water partition coefficient (Wildman–Crippen LogP) is 6.47. The molecule has 0 radical (unpaired) electrons. The van der Waals surface area contributed by atoms with Crippen molar-refractivity contribution in [2.24, 2.45) is 5.92 Å². The Morgan fingerprint density at radius 2 is 1.45 bits per heavy atom. The standard InChI is InChI=1S/C31H45N3O4/c1-11-23(7)34(29(36)25(19(2)3)33-30(37)38-31(8,9)10)27(24-18-13-12-15-20(24)4)28(35)32-26-21(5)16-14-17-22(26)6/h12-19,23,25,27H,11H2,1-10H3,(H,32,35)(H,33,37). The van der Waals surface area contributed by atoms with Gasteiger partial charge in [0.2, 0.25) is 5.91 Å². The highest BCUT2D eigenvalue weighted by Gasteiger charge is 2.40. The maximum Gasteiger partial charge on any atom is 0.408 e. The SMILES string of the molecule is CCC(C)N(C(=O)C(NC(=O)OC(C)(C)C)C(C)C)C(C(=O)Nc1c(C)cccc1C)c1ccccc1C. The summed E-state index contributed by atoms with van der Waals surface area (Å²) < 4.78 is 5.45. The number of alkyl carbamates (subject to hydrolysis) is 1. The first-order valence-electron chi connectivity index (χ1n) is 13.4. The van der Waals surface area contributed by atoms with Crippen LogP contribution in [-0.4, -0.2) is 40.5 Å². The topological polar surface area (TPSA) is 87.7 Å². The number of hydrogen-bond acceptors (Lipinski definition) is 4. The first-order chi connectivity index (χ1) is 17.7. The summed E-state index contributed by atoms with van der Waals surface area (Å²) in [5.74, 6) is -0.865. The zero-order chi connectivity index (χ0) is 28.8. The van der Waals surface area contributed by atoms with E-state index in [4.69, 9.17) is 4.74 Å². The van der Waals surface area contributed by atoms with E-state index >= 15 is 0 Å². The monoisotopic (exact) mass is 523 g/mol. The number of nitrogens with zero attached hydrogens (tertiary/aromatic N) is 1. The second-order valence-electron chi connectivity index (χ2n) is 11.4. The van der Waals surface area contributed by atoms with Crippen molar-refractivity contribution in [1.82, 2.24) is 10.2 Å². The number of nitrogens with one attached hydrogen (secondary N) is 2. The Balaban J connectivity index is 2.61. The van der Waals surface area contributed by atoms with Crippen molar-refractivity contribution >= 4 is 23.6 Å². The molecule has 2 N–H and O–H groups in total. The molecule has 0 bridgehead atoms. The van der Waals surface area contributed by atoms with Crippen LogP contribution < -0.4 is 10.6 Å². The van der Waals surface area contributed by atoms with Crippen LogP contribution in [0.4, 0.5) is 10.5 Å². The summed E-state index contributed by atoms with van der Waals surface area (Å²) in [6.45, 7) is 18.8. The summed E-state index contributed by atoms with van der Waals surface area (Å²) in [5.41, 5.74) is 3.55. The van der Waals surface area contributed by atoms with Crippen LogP contribution in [-0.2, 0) is 14.3 Å². The molecule has 0 aliphatic carbocycles. The van der Waals surface area contributed by atoms with Gasteiger partial charge in [-0.15, -0.1) is 0 Å². The molecule has 2 rings (SSSR count). The first kappa shape index (κ1) is 30.9. The highest BCUT2D eigenvalue weighted by molar-refractivity contribution is 6.00. The lowest BCUT2D eigenvalue weighted by molar-refractivity contribution is -0.144. The number of hydrogen-bond donors (Lipinski definition) is 2. The molecule has 0 aromatic heterocycles. The number of amides is 3. The Morgan fingerprint density at radius 3 is 1.95 bits per heavy atom. The molecule has 0 fully saturated rings. The number of carbonyl (C=O) groups is 3. The third-order valence-corrected chi connectivity index (χ3v) is 6.66.